The maximum absolute atomic E-state index is 12.1. The van der Waals surface area contributed by atoms with Crippen LogP contribution in [-0.2, 0) is 9.59 Å². The highest BCUT2D eigenvalue weighted by molar-refractivity contribution is 9.10. The van der Waals surface area contributed by atoms with E-state index in [0.29, 0.717) is 23.7 Å². The van der Waals surface area contributed by atoms with Gasteiger partial charge in [-0.3, -0.25) is 9.59 Å². The molecule has 122 valence electrons. The minimum Gasteiger partial charge on any atom is -0.325 e. The molecule has 0 saturated carbocycles. The van der Waals surface area contributed by atoms with Crippen LogP contribution in [0.1, 0.15) is 26.2 Å². The van der Waals surface area contributed by atoms with Crippen LogP contribution in [0, 0.1) is 5.92 Å². The molecule has 3 N–H and O–H groups in total. The Hall–Kier alpha value is -1.11. The van der Waals surface area contributed by atoms with Crippen molar-refractivity contribution in [2.75, 3.05) is 23.7 Å². The van der Waals surface area contributed by atoms with Crippen molar-refractivity contribution < 1.29 is 9.59 Å². The molecule has 0 spiro atoms. The number of amides is 2. The van der Waals surface area contributed by atoms with Gasteiger partial charge in [-0.2, -0.15) is 0 Å². The zero-order valence-electron chi connectivity index (χ0n) is 12.4. The fraction of sp³-hybridized carbons (Fsp3) is 0.467. The van der Waals surface area contributed by atoms with E-state index in [4.69, 9.17) is 0 Å². The maximum Gasteiger partial charge on any atom is 0.224 e. The number of hydrogen-bond donors (Lipinski definition) is 3. The SMILES string of the molecule is CC(=O)Nc1ccc(Br)cc1NC(=O)CCC1CCNC1.Cl. The molecule has 1 heterocycles. The molecular formula is C15H21BrClN3O2. The lowest BCUT2D eigenvalue weighted by Gasteiger charge is -2.13. The molecule has 5 nitrogen and oxygen atoms in total. The summed E-state index contributed by atoms with van der Waals surface area (Å²) in [6, 6.07) is 5.38. The van der Waals surface area contributed by atoms with Crippen LogP contribution in [0.2, 0.25) is 0 Å². The van der Waals surface area contributed by atoms with E-state index in [9.17, 15) is 9.59 Å². The molecule has 1 aliphatic rings. The molecule has 1 atom stereocenters. The first-order chi connectivity index (χ1) is 10.0. The normalized spacial score (nSPS) is 16.7. The quantitative estimate of drug-likeness (QED) is 0.723. The lowest BCUT2D eigenvalue weighted by molar-refractivity contribution is -0.116. The molecule has 1 aromatic rings. The summed E-state index contributed by atoms with van der Waals surface area (Å²) in [5.74, 6) is 0.407. The van der Waals surface area contributed by atoms with Crippen LogP contribution in [-0.4, -0.2) is 24.9 Å². The van der Waals surface area contributed by atoms with E-state index < -0.39 is 0 Å². The van der Waals surface area contributed by atoms with E-state index in [2.05, 4.69) is 31.9 Å². The monoisotopic (exact) mass is 389 g/mol. The molecule has 0 radical (unpaired) electrons. The van der Waals surface area contributed by atoms with E-state index in [1.807, 2.05) is 6.07 Å². The lowest BCUT2D eigenvalue weighted by atomic mass is 10.0. The average molecular weight is 391 g/mol. The van der Waals surface area contributed by atoms with Crippen LogP contribution in [0.3, 0.4) is 0 Å². The van der Waals surface area contributed by atoms with Gasteiger partial charge in [0, 0.05) is 17.8 Å². The van der Waals surface area contributed by atoms with Gasteiger partial charge in [0.1, 0.15) is 0 Å². The second-order valence-corrected chi connectivity index (χ2v) is 6.23. The van der Waals surface area contributed by atoms with Gasteiger partial charge in [0.25, 0.3) is 0 Å². The highest BCUT2D eigenvalue weighted by Gasteiger charge is 2.16. The van der Waals surface area contributed by atoms with Crippen LogP contribution in [0.4, 0.5) is 11.4 Å². The number of benzene rings is 1. The predicted octanol–water partition coefficient (Wildman–Crippen LogP) is 3.16. The Morgan fingerprint density at radius 3 is 2.73 bits per heavy atom. The minimum absolute atomic E-state index is 0. The van der Waals surface area contributed by atoms with Crippen LogP contribution in [0.5, 0.6) is 0 Å². The van der Waals surface area contributed by atoms with Gasteiger partial charge in [0.2, 0.25) is 11.8 Å². The molecule has 2 rings (SSSR count). The number of nitrogens with one attached hydrogen (secondary N) is 3. The number of hydrogen-bond acceptors (Lipinski definition) is 3. The summed E-state index contributed by atoms with van der Waals surface area (Å²) in [6.45, 7) is 3.49. The smallest absolute Gasteiger partial charge is 0.224 e. The summed E-state index contributed by atoms with van der Waals surface area (Å²) in [5.41, 5.74) is 1.23. The summed E-state index contributed by atoms with van der Waals surface area (Å²) in [4.78, 5) is 23.3. The Bertz CT molecular complexity index is 534. The lowest BCUT2D eigenvalue weighted by Crippen LogP contribution is -2.16. The Balaban J connectivity index is 0.00000242. The Kier molecular flexibility index (Phi) is 7.85. The average Bonchev–Trinajstić information content (AvgIpc) is 2.92. The van der Waals surface area contributed by atoms with Gasteiger partial charge in [-0.1, -0.05) is 15.9 Å². The molecule has 0 aliphatic carbocycles. The van der Waals surface area contributed by atoms with Crippen molar-refractivity contribution in [1.82, 2.24) is 5.32 Å². The van der Waals surface area contributed by atoms with Crippen LogP contribution in [0.25, 0.3) is 0 Å². The minimum atomic E-state index is -0.162. The first-order valence-electron chi connectivity index (χ1n) is 7.12. The van der Waals surface area contributed by atoms with Crippen molar-refractivity contribution in [1.29, 1.82) is 0 Å². The summed E-state index contributed by atoms with van der Waals surface area (Å²) in [6.07, 6.45) is 2.53. The van der Waals surface area contributed by atoms with Crippen molar-refractivity contribution in [2.24, 2.45) is 5.92 Å². The van der Waals surface area contributed by atoms with Crippen LogP contribution >= 0.6 is 28.3 Å². The third-order valence-electron chi connectivity index (χ3n) is 3.51. The Labute approximate surface area is 145 Å². The molecule has 22 heavy (non-hydrogen) atoms. The third-order valence-corrected chi connectivity index (χ3v) is 4.00. The molecule has 1 unspecified atom stereocenters. The summed E-state index contributed by atoms with van der Waals surface area (Å²) in [7, 11) is 0. The van der Waals surface area contributed by atoms with E-state index in [1.54, 1.807) is 12.1 Å². The predicted molar refractivity (Wildman–Crippen MR) is 94.5 cm³/mol. The number of carbonyl (C=O) groups excluding carboxylic acids is 2. The summed E-state index contributed by atoms with van der Waals surface area (Å²) < 4.78 is 0.854. The molecule has 0 aromatic heterocycles. The van der Waals surface area contributed by atoms with E-state index in [1.165, 1.54) is 6.92 Å². The first-order valence-corrected chi connectivity index (χ1v) is 7.91. The number of halogens is 2. The molecule has 7 heteroatoms. The van der Waals surface area contributed by atoms with Crippen molar-refractivity contribution >= 4 is 51.5 Å². The molecule has 1 fully saturated rings. The second-order valence-electron chi connectivity index (χ2n) is 5.32. The standard InChI is InChI=1S/C15H20BrN3O2.ClH/c1-10(20)18-13-4-3-12(16)8-14(13)19-15(21)5-2-11-6-7-17-9-11;/h3-4,8,11,17H,2,5-7,9H2,1H3,(H,18,20)(H,19,21);1H. The maximum atomic E-state index is 12.1. The number of rotatable bonds is 5. The summed E-state index contributed by atoms with van der Waals surface area (Å²) in [5, 5.41) is 8.89. The van der Waals surface area contributed by atoms with Crippen LogP contribution in [0.15, 0.2) is 22.7 Å². The molecule has 1 saturated heterocycles. The van der Waals surface area contributed by atoms with Crippen molar-refractivity contribution in [3.63, 3.8) is 0 Å². The van der Waals surface area contributed by atoms with Gasteiger partial charge in [-0.25, -0.2) is 0 Å². The van der Waals surface area contributed by atoms with Crippen molar-refractivity contribution in [3.8, 4) is 0 Å². The van der Waals surface area contributed by atoms with Gasteiger partial charge < -0.3 is 16.0 Å². The van der Waals surface area contributed by atoms with E-state index in [-0.39, 0.29) is 24.2 Å². The Morgan fingerprint density at radius 2 is 2.09 bits per heavy atom. The molecule has 2 amide bonds. The zero-order chi connectivity index (χ0) is 15.2. The van der Waals surface area contributed by atoms with Gasteiger partial charge in [0.15, 0.2) is 0 Å². The molecular weight excluding hydrogens is 370 g/mol. The fourth-order valence-electron chi connectivity index (χ4n) is 2.43. The van der Waals surface area contributed by atoms with E-state index >= 15 is 0 Å². The second kappa shape index (κ2) is 9.12. The third kappa shape index (κ3) is 5.94. The first kappa shape index (κ1) is 18.9. The fourth-order valence-corrected chi connectivity index (χ4v) is 2.79. The van der Waals surface area contributed by atoms with Crippen LogP contribution < -0.4 is 16.0 Å². The van der Waals surface area contributed by atoms with Gasteiger partial charge in [-0.05, 0) is 50.0 Å². The Morgan fingerprint density at radius 1 is 1.32 bits per heavy atom. The molecule has 1 aromatic carbocycles. The molecule has 0 bridgehead atoms. The highest BCUT2D eigenvalue weighted by atomic mass is 79.9. The highest BCUT2D eigenvalue weighted by Crippen LogP contribution is 2.26. The summed E-state index contributed by atoms with van der Waals surface area (Å²) >= 11 is 3.37. The largest absolute Gasteiger partial charge is 0.325 e. The van der Waals surface area contributed by atoms with Gasteiger partial charge in [-0.15, -0.1) is 12.4 Å². The molecule has 1 aliphatic heterocycles. The van der Waals surface area contributed by atoms with Gasteiger partial charge in [0.05, 0.1) is 11.4 Å². The van der Waals surface area contributed by atoms with E-state index in [0.717, 1.165) is 30.4 Å². The van der Waals surface area contributed by atoms with Gasteiger partial charge >= 0.3 is 0 Å². The number of carbonyl (C=O) groups is 2. The van der Waals surface area contributed by atoms with Crippen molar-refractivity contribution in [3.05, 3.63) is 22.7 Å². The topological polar surface area (TPSA) is 70.2 Å². The number of anilines is 2. The zero-order valence-corrected chi connectivity index (χ0v) is 14.9. The van der Waals surface area contributed by atoms with Crippen molar-refractivity contribution in [2.45, 2.75) is 26.2 Å².